The van der Waals surface area contributed by atoms with Gasteiger partial charge in [-0.2, -0.15) is 9.40 Å². The van der Waals surface area contributed by atoms with Crippen molar-refractivity contribution in [2.45, 2.75) is 44.6 Å². The molecule has 7 heteroatoms. The molecule has 0 spiro atoms. The number of hydrogen-bond acceptors (Lipinski definition) is 4. The second-order valence-corrected chi connectivity index (χ2v) is 7.47. The van der Waals surface area contributed by atoms with Gasteiger partial charge in [-0.15, -0.1) is 0 Å². The molecule has 0 radical (unpaired) electrons. The Bertz CT molecular complexity index is 553. The quantitative estimate of drug-likeness (QED) is 0.877. The number of aromatic amines is 1. The second-order valence-electron chi connectivity index (χ2n) is 5.59. The van der Waals surface area contributed by atoms with Crippen molar-refractivity contribution in [1.82, 2.24) is 19.8 Å². The fourth-order valence-corrected chi connectivity index (χ4v) is 4.53. The molecule has 1 fully saturated rings. The number of sulfonamides is 1. The molecule has 0 saturated carbocycles. The third kappa shape index (κ3) is 3.05. The van der Waals surface area contributed by atoms with Gasteiger partial charge in [-0.05, 0) is 39.2 Å². The van der Waals surface area contributed by atoms with E-state index < -0.39 is 10.0 Å². The van der Waals surface area contributed by atoms with Crippen LogP contribution in [0, 0.1) is 12.8 Å². The van der Waals surface area contributed by atoms with Gasteiger partial charge in [0.25, 0.3) is 0 Å². The van der Waals surface area contributed by atoms with E-state index in [1.807, 2.05) is 0 Å². The minimum atomic E-state index is -3.45. The minimum absolute atomic E-state index is 0.349. The molecule has 2 rings (SSSR count). The summed E-state index contributed by atoms with van der Waals surface area (Å²) in [5.41, 5.74) is 1.19. The zero-order chi connectivity index (χ0) is 14.8. The number of aryl methyl sites for hydroxylation is 1. The average Bonchev–Trinajstić information content (AvgIpc) is 2.61. The van der Waals surface area contributed by atoms with Crippen LogP contribution in [-0.4, -0.2) is 43.1 Å². The highest BCUT2D eigenvalue weighted by molar-refractivity contribution is 7.89. The predicted molar refractivity (Wildman–Crippen MR) is 77.9 cm³/mol. The van der Waals surface area contributed by atoms with Crippen molar-refractivity contribution in [3.63, 3.8) is 0 Å². The van der Waals surface area contributed by atoms with Gasteiger partial charge in [-0.1, -0.05) is 6.92 Å². The first-order valence-electron chi connectivity index (χ1n) is 7.15. The van der Waals surface area contributed by atoms with E-state index in [0.29, 0.717) is 41.8 Å². The lowest BCUT2D eigenvalue weighted by Crippen LogP contribution is -2.33. The molecule has 1 aliphatic rings. The van der Waals surface area contributed by atoms with Gasteiger partial charge in [0.1, 0.15) is 4.90 Å². The normalized spacial score (nSPS) is 21.9. The third-order valence-corrected chi connectivity index (χ3v) is 5.98. The molecule has 1 aromatic heterocycles. The molecule has 1 atom stereocenters. The van der Waals surface area contributed by atoms with E-state index in [1.54, 1.807) is 18.3 Å². The Labute approximate surface area is 121 Å². The molecule has 0 aliphatic carbocycles. The zero-order valence-electron chi connectivity index (χ0n) is 12.4. The van der Waals surface area contributed by atoms with Crippen molar-refractivity contribution in [3.05, 3.63) is 11.4 Å². The molecule has 0 aromatic carbocycles. The summed E-state index contributed by atoms with van der Waals surface area (Å²) in [6, 6.07) is 0. The molecule has 1 aromatic rings. The summed E-state index contributed by atoms with van der Waals surface area (Å²) in [4.78, 5) is 0.349. The van der Waals surface area contributed by atoms with Crippen molar-refractivity contribution >= 4 is 10.0 Å². The number of nitrogens with zero attached hydrogens (tertiary/aromatic N) is 2. The van der Waals surface area contributed by atoms with E-state index in [9.17, 15) is 8.42 Å². The van der Waals surface area contributed by atoms with Crippen LogP contribution in [0.4, 0.5) is 0 Å². The molecule has 1 aliphatic heterocycles. The maximum Gasteiger partial charge on any atom is 0.246 e. The highest BCUT2D eigenvalue weighted by atomic mass is 32.2. The van der Waals surface area contributed by atoms with Crippen LogP contribution in [-0.2, 0) is 16.6 Å². The number of rotatable bonds is 4. The lowest BCUT2D eigenvalue weighted by Gasteiger charge is -2.20. The standard InChI is InChI=1S/C13H24N4O2S/c1-10-5-4-7-17(8-6-10)20(18,19)13-11(2)15-16-12(13)9-14-3/h10,14H,4-9H2,1-3H3,(H,15,16). The topological polar surface area (TPSA) is 78.1 Å². The molecule has 1 saturated heterocycles. The van der Waals surface area contributed by atoms with Crippen LogP contribution in [0.2, 0.25) is 0 Å². The first-order valence-corrected chi connectivity index (χ1v) is 8.59. The van der Waals surface area contributed by atoms with Crippen LogP contribution in [0.3, 0.4) is 0 Å². The molecular weight excluding hydrogens is 276 g/mol. The van der Waals surface area contributed by atoms with Gasteiger partial charge in [0, 0.05) is 19.6 Å². The SMILES string of the molecule is CNCc1n[nH]c(C)c1S(=O)(=O)N1CCCC(C)CC1. The third-order valence-electron chi connectivity index (χ3n) is 3.88. The van der Waals surface area contributed by atoms with Crippen molar-refractivity contribution in [1.29, 1.82) is 0 Å². The molecule has 2 heterocycles. The Hall–Kier alpha value is -0.920. The van der Waals surface area contributed by atoms with Gasteiger partial charge >= 0.3 is 0 Å². The van der Waals surface area contributed by atoms with Gasteiger partial charge in [0.15, 0.2) is 0 Å². The molecular formula is C13H24N4O2S. The maximum absolute atomic E-state index is 12.9. The van der Waals surface area contributed by atoms with E-state index >= 15 is 0 Å². The Kier molecular flexibility index (Phi) is 4.82. The monoisotopic (exact) mass is 300 g/mol. The minimum Gasteiger partial charge on any atom is -0.314 e. The Morgan fingerprint density at radius 2 is 2.15 bits per heavy atom. The summed E-state index contributed by atoms with van der Waals surface area (Å²) < 4.78 is 27.3. The smallest absolute Gasteiger partial charge is 0.246 e. The first-order chi connectivity index (χ1) is 9.46. The molecule has 0 amide bonds. The fourth-order valence-electron chi connectivity index (χ4n) is 2.70. The maximum atomic E-state index is 12.9. The summed E-state index contributed by atoms with van der Waals surface area (Å²) in [5, 5.41) is 9.87. The summed E-state index contributed by atoms with van der Waals surface area (Å²) in [6.45, 7) is 5.61. The molecule has 20 heavy (non-hydrogen) atoms. The summed E-state index contributed by atoms with van der Waals surface area (Å²) in [5.74, 6) is 0.595. The van der Waals surface area contributed by atoms with Crippen molar-refractivity contribution in [2.75, 3.05) is 20.1 Å². The number of nitrogens with one attached hydrogen (secondary N) is 2. The van der Waals surface area contributed by atoms with Crippen LogP contribution >= 0.6 is 0 Å². The van der Waals surface area contributed by atoms with E-state index in [2.05, 4.69) is 22.4 Å². The van der Waals surface area contributed by atoms with Crippen LogP contribution in [0.25, 0.3) is 0 Å². The van der Waals surface area contributed by atoms with E-state index in [-0.39, 0.29) is 0 Å². The van der Waals surface area contributed by atoms with Crippen molar-refractivity contribution in [3.8, 4) is 0 Å². The molecule has 6 nitrogen and oxygen atoms in total. The van der Waals surface area contributed by atoms with Gasteiger partial charge < -0.3 is 5.32 Å². The van der Waals surface area contributed by atoms with Crippen LogP contribution in [0.5, 0.6) is 0 Å². The van der Waals surface area contributed by atoms with Gasteiger partial charge in [0.2, 0.25) is 10.0 Å². The zero-order valence-corrected chi connectivity index (χ0v) is 13.3. The molecule has 2 N–H and O–H groups in total. The number of aromatic nitrogens is 2. The van der Waals surface area contributed by atoms with Crippen molar-refractivity contribution < 1.29 is 8.42 Å². The van der Waals surface area contributed by atoms with Gasteiger partial charge in [-0.25, -0.2) is 8.42 Å². The fraction of sp³-hybridized carbons (Fsp3) is 0.769. The van der Waals surface area contributed by atoms with Crippen LogP contribution in [0.15, 0.2) is 4.90 Å². The summed E-state index contributed by atoms with van der Waals surface area (Å²) in [7, 11) is -1.66. The predicted octanol–water partition coefficient (Wildman–Crippen LogP) is 1.25. The van der Waals surface area contributed by atoms with Crippen molar-refractivity contribution in [2.24, 2.45) is 5.92 Å². The Balaban J connectivity index is 2.32. The highest BCUT2D eigenvalue weighted by Gasteiger charge is 2.31. The van der Waals surface area contributed by atoms with Crippen LogP contribution < -0.4 is 5.32 Å². The molecule has 114 valence electrons. The lowest BCUT2D eigenvalue weighted by atomic mass is 10.0. The first kappa shape index (κ1) is 15.5. The summed E-state index contributed by atoms with van der Waals surface area (Å²) in [6.07, 6.45) is 2.95. The van der Waals surface area contributed by atoms with Crippen LogP contribution in [0.1, 0.15) is 37.6 Å². The van der Waals surface area contributed by atoms with Gasteiger partial charge in [-0.3, -0.25) is 5.10 Å². The lowest BCUT2D eigenvalue weighted by molar-refractivity contribution is 0.416. The highest BCUT2D eigenvalue weighted by Crippen LogP contribution is 2.26. The number of H-pyrrole nitrogens is 1. The second kappa shape index (κ2) is 6.24. The largest absolute Gasteiger partial charge is 0.314 e. The van der Waals surface area contributed by atoms with E-state index in [1.165, 1.54) is 0 Å². The molecule has 1 unspecified atom stereocenters. The Morgan fingerprint density at radius 1 is 1.40 bits per heavy atom. The van der Waals surface area contributed by atoms with Gasteiger partial charge in [0.05, 0.1) is 11.4 Å². The Morgan fingerprint density at radius 3 is 2.85 bits per heavy atom. The van der Waals surface area contributed by atoms with E-state index in [4.69, 9.17) is 0 Å². The molecule has 0 bridgehead atoms. The summed E-state index contributed by atoms with van der Waals surface area (Å²) >= 11 is 0. The number of hydrogen-bond donors (Lipinski definition) is 2. The average molecular weight is 300 g/mol. The van der Waals surface area contributed by atoms with E-state index in [0.717, 1.165) is 19.3 Å².